The Labute approximate surface area is 92.2 Å². The first-order valence-corrected chi connectivity index (χ1v) is 5.19. The first kappa shape index (κ1) is 10.5. The molecule has 0 atom stereocenters. The monoisotopic (exact) mass is 219 g/mol. The zero-order valence-corrected chi connectivity index (χ0v) is 8.95. The van der Waals surface area contributed by atoms with Crippen LogP contribution in [-0.2, 0) is 6.42 Å². The number of phenolic OH excluding ortho intramolecular Hbond substituents is 2. The second-order valence-corrected chi connectivity index (χ2v) is 3.80. The van der Waals surface area contributed by atoms with E-state index in [9.17, 15) is 15.0 Å². The van der Waals surface area contributed by atoms with Crippen LogP contribution in [0.4, 0.5) is 0 Å². The third-order valence-corrected chi connectivity index (χ3v) is 2.51. The van der Waals surface area contributed by atoms with Crippen LogP contribution in [0.2, 0.25) is 0 Å². The first-order chi connectivity index (χ1) is 7.61. The van der Waals surface area contributed by atoms with Gasteiger partial charge in [-0.05, 0) is 12.0 Å². The smallest absolute Gasteiger partial charge is 0.248 e. The molecule has 1 heterocycles. The van der Waals surface area contributed by atoms with E-state index >= 15 is 0 Å². The second-order valence-electron chi connectivity index (χ2n) is 3.80. The first-order valence-electron chi connectivity index (χ1n) is 5.19. The average Bonchev–Trinajstić information content (AvgIpc) is 2.15. The van der Waals surface area contributed by atoms with E-state index in [0.717, 1.165) is 18.4 Å². The van der Waals surface area contributed by atoms with Crippen LogP contribution in [0, 0.1) is 0 Å². The maximum Gasteiger partial charge on any atom is 0.248 e. The summed E-state index contributed by atoms with van der Waals surface area (Å²) in [6.45, 7) is 2.00. The van der Waals surface area contributed by atoms with E-state index in [1.54, 1.807) is 0 Å². The highest BCUT2D eigenvalue weighted by Gasteiger charge is 2.08. The van der Waals surface area contributed by atoms with Crippen molar-refractivity contribution in [3.8, 4) is 11.5 Å². The minimum atomic E-state index is -0.221. The molecule has 4 heteroatoms. The topological polar surface area (TPSA) is 73.3 Å². The molecule has 16 heavy (non-hydrogen) atoms. The highest BCUT2D eigenvalue weighted by Crippen LogP contribution is 2.30. The third kappa shape index (κ3) is 1.74. The number of aromatic amines is 1. The molecule has 2 rings (SSSR count). The Morgan fingerprint density at radius 2 is 2.00 bits per heavy atom. The number of aromatic hydroxyl groups is 2. The Balaban J connectivity index is 2.84. The summed E-state index contributed by atoms with van der Waals surface area (Å²) in [4.78, 5) is 14.0. The summed E-state index contributed by atoms with van der Waals surface area (Å²) < 4.78 is 0. The molecule has 0 saturated heterocycles. The van der Waals surface area contributed by atoms with Crippen molar-refractivity contribution in [1.82, 2.24) is 4.98 Å². The summed E-state index contributed by atoms with van der Waals surface area (Å²) >= 11 is 0. The number of phenols is 2. The molecule has 84 valence electrons. The van der Waals surface area contributed by atoms with Crippen LogP contribution in [0.1, 0.15) is 18.9 Å². The van der Waals surface area contributed by atoms with Gasteiger partial charge < -0.3 is 15.2 Å². The van der Waals surface area contributed by atoms with Gasteiger partial charge in [0, 0.05) is 23.6 Å². The van der Waals surface area contributed by atoms with Crippen molar-refractivity contribution in [3.05, 3.63) is 34.1 Å². The molecule has 0 aliphatic heterocycles. The van der Waals surface area contributed by atoms with Crippen LogP contribution in [0.3, 0.4) is 0 Å². The van der Waals surface area contributed by atoms with E-state index in [1.807, 2.05) is 6.92 Å². The Morgan fingerprint density at radius 1 is 1.25 bits per heavy atom. The average molecular weight is 219 g/mol. The molecule has 2 aromatic rings. The van der Waals surface area contributed by atoms with Crippen molar-refractivity contribution in [2.75, 3.05) is 0 Å². The molecule has 0 aliphatic rings. The lowest BCUT2D eigenvalue weighted by molar-refractivity contribution is 0.454. The Kier molecular flexibility index (Phi) is 2.56. The molecule has 1 aromatic carbocycles. The standard InChI is InChI=1S/C12H13NO3/c1-2-3-7-4-11(16)13-9-5-8(14)6-10(15)12(7)9/h4-6,14-15H,2-3H2,1H3,(H,13,16). The second kappa shape index (κ2) is 3.89. The van der Waals surface area contributed by atoms with E-state index in [1.165, 1.54) is 18.2 Å². The predicted octanol–water partition coefficient (Wildman–Crippen LogP) is 1.89. The summed E-state index contributed by atoms with van der Waals surface area (Å²) in [6, 6.07) is 4.21. The number of nitrogens with one attached hydrogen (secondary N) is 1. The predicted molar refractivity (Wildman–Crippen MR) is 61.9 cm³/mol. The van der Waals surface area contributed by atoms with E-state index in [-0.39, 0.29) is 17.1 Å². The van der Waals surface area contributed by atoms with Crippen molar-refractivity contribution in [3.63, 3.8) is 0 Å². The molecule has 0 bridgehead atoms. The number of H-pyrrole nitrogens is 1. The van der Waals surface area contributed by atoms with E-state index in [0.29, 0.717) is 10.9 Å². The molecule has 0 fully saturated rings. The lowest BCUT2D eigenvalue weighted by Gasteiger charge is -2.07. The van der Waals surface area contributed by atoms with Crippen molar-refractivity contribution in [1.29, 1.82) is 0 Å². The summed E-state index contributed by atoms with van der Waals surface area (Å²) in [5.41, 5.74) is 1.05. The lowest BCUT2D eigenvalue weighted by Crippen LogP contribution is -2.06. The normalized spacial score (nSPS) is 10.8. The summed E-state index contributed by atoms with van der Waals surface area (Å²) in [7, 11) is 0. The molecule has 4 nitrogen and oxygen atoms in total. The van der Waals surface area contributed by atoms with Crippen LogP contribution in [-0.4, -0.2) is 15.2 Å². The van der Waals surface area contributed by atoms with Crippen molar-refractivity contribution in [2.24, 2.45) is 0 Å². The van der Waals surface area contributed by atoms with Gasteiger partial charge in [0.1, 0.15) is 11.5 Å². The molecule has 1 aromatic heterocycles. The zero-order chi connectivity index (χ0) is 11.7. The molecule has 3 N–H and O–H groups in total. The minimum Gasteiger partial charge on any atom is -0.508 e. The Morgan fingerprint density at radius 3 is 2.69 bits per heavy atom. The number of hydrogen-bond acceptors (Lipinski definition) is 3. The van der Waals surface area contributed by atoms with E-state index in [2.05, 4.69) is 4.98 Å². The van der Waals surface area contributed by atoms with Crippen LogP contribution < -0.4 is 5.56 Å². The van der Waals surface area contributed by atoms with Gasteiger partial charge in [-0.1, -0.05) is 13.3 Å². The van der Waals surface area contributed by atoms with E-state index < -0.39 is 0 Å². The number of rotatable bonds is 2. The van der Waals surface area contributed by atoms with Gasteiger partial charge in [0.05, 0.1) is 5.52 Å². The van der Waals surface area contributed by atoms with Crippen LogP contribution in [0.25, 0.3) is 10.9 Å². The van der Waals surface area contributed by atoms with Crippen molar-refractivity contribution < 1.29 is 10.2 Å². The SMILES string of the molecule is CCCc1cc(=O)[nH]c2cc(O)cc(O)c12. The fourth-order valence-electron chi connectivity index (χ4n) is 1.91. The van der Waals surface area contributed by atoms with Crippen LogP contribution >= 0.6 is 0 Å². The van der Waals surface area contributed by atoms with Gasteiger partial charge in [-0.3, -0.25) is 4.79 Å². The van der Waals surface area contributed by atoms with Gasteiger partial charge >= 0.3 is 0 Å². The van der Waals surface area contributed by atoms with Crippen molar-refractivity contribution in [2.45, 2.75) is 19.8 Å². The molecule has 0 amide bonds. The van der Waals surface area contributed by atoms with Gasteiger partial charge in [-0.25, -0.2) is 0 Å². The van der Waals surface area contributed by atoms with Gasteiger partial charge in [-0.15, -0.1) is 0 Å². The van der Waals surface area contributed by atoms with Gasteiger partial charge in [-0.2, -0.15) is 0 Å². The van der Waals surface area contributed by atoms with Crippen molar-refractivity contribution >= 4 is 10.9 Å². The molecule has 0 aliphatic carbocycles. The quantitative estimate of drug-likeness (QED) is 0.722. The molecular formula is C12H13NO3. The number of benzene rings is 1. The number of hydrogen-bond donors (Lipinski definition) is 3. The molecule has 0 spiro atoms. The number of aromatic nitrogens is 1. The number of fused-ring (bicyclic) bond motifs is 1. The Bertz CT molecular complexity index is 587. The Hall–Kier alpha value is -1.97. The number of pyridine rings is 1. The third-order valence-electron chi connectivity index (χ3n) is 2.51. The zero-order valence-electron chi connectivity index (χ0n) is 8.95. The maximum atomic E-state index is 11.4. The fourth-order valence-corrected chi connectivity index (χ4v) is 1.91. The van der Waals surface area contributed by atoms with E-state index in [4.69, 9.17) is 0 Å². The maximum absolute atomic E-state index is 11.4. The minimum absolute atomic E-state index is 0.00491. The molecule has 0 saturated carbocycles. The molecule has 0 radical (unpaired) electrons. The summed E-state index contributed by atoms with van der Waals surface area (Å²) in [5, 5.41) is 19.7. The van der Waals surface area contributed by atoms with Gasteiger partial charge in [0.2, 0.25) is 5.56 Å². The fraction of sp³-hybridized carbons (Fsp3) is 0.250. The van der Waals surface area contributed by atoms with Gasteiger partial charge in [0.25, 0.3) is 0 Å². The number of aryl methyl sites for hydroxylation is 1. The van der Waals surface area contributed by atoms with Gasteiger partial charge in [0.15, 0.2) is 0 Å². The molecular weight excluding hydrogens is 206 g/mol. The molecule has 0 unspecified atom stereocenters. The van der Waals surface area contributed by atoms with Crippen LogP contribution in [0.5, 0.6) is 11.5 Å². The van der Waals surface area contributed by atoms with Crippen LogP contribution in [0.15, 0.2) is 23.0 Å². The highest BCUT2D eigenvalue weighted by atomic mass is 16.3. The summed E-state index contributed by atoms with van der Waals surface area (Å²) in [6.07, 6.45) is 1.61. The largest absolute Gasteiger partial charge is 0.508 e. The lowest BCUT2D eigenvalue weighted by atomic mass is 10.0. The summed E-state index contributed by atoms with van der Waals surface area (Å²) in [5.74, 6) is -0.0657. The highest BCUT2D eigenvalue weighted by molar-refractivity contribution is 5.89.